The van der Waals surface area contributed by atoms with Crippen LogP contribution < -0.4 is 16.0 Å². The zero-order valence-electron chi connectivity index (χ0n) is 13.6. The number of thiophene rings is 1. The van der Waals surface area contributed by atoms with Crippen molar-refractivity contribution in [2.24, 2.45) is 5.73 Å². The maximum absolute atomic E-state index is 13.3. The van der Waals surface area contributed by atoms with Crippen molar-refractivity contribution >= 4 is 22.9 Å². The molecule has 1 saturated heterocycles. The van der Waals surface area contributed by atoms with Gasteiger partial charge in [-0.3, -0.25) is 4.79 Å². The normalized spacial score (nSPS) is 18.1. The molecule has 3 N–H and O–H groups in total. The summed E-state index contributed by atoms with van der Waals surface area (Å²) in [6, 6.07) is 9.89. The number of nitrogens with zero attached hydrogens (tertiary/aromatic N) is 2. The molecule has 1 aliphatic rings. The molecular weight excluding hydrogens is 339 g/mol. The highest BCUT2D eigenvalue weighted by molar-refractivity contribution is 7.09. The van der Waals surface area contributed by atoms with Gasteiger partial charge in [0.1, 0.15) is 11.9 Å². The third kappa shape index (κ3) is 4.16. The predicted octanol–water partition coefficient (Wildman–Crippen LogP) is 2.02. The Hall–Kier alpha value is -2.43. The van der Waals surface area contributed by atoms with Gasteiger partial charge < -0.3 is 16.0 Å². The summed E-state index contributed by atoms with van der Waals surface area (Å²) in [7, 11) is 0. The zero-order chi connectivity index (χ0) is 17.8. The standard InChI is InChI=1S/C18H19FN4OS/c19-13-3-4-17(12(8-13)10-20)23-6-5-14(11-23)22-16(18(21)24)9-15-2-1-7-25-15/h1-4,7-8,14,16,22H,5-6,9,11H2,(H2,21,24)/t14-,16-/m0/s1. The van der Waals surface area contributed by atoms with Crippen molar-refractivity contribution in [3.05, 3.63) is 52.0 Å². The predicted molar refractivity (Wildman–Crippen MR) is 95.9 cm³/mol. The van der Waals surface area contributed by atoms with Crippen LogP contribution in [0, 0.1) is 17.1 Å². The van der Waals surface area contributed by atoms with E-state index in [-0.39, 0.29) is 11.9 Å². The second-order valence-electron chi connectivity index (χ2n) is 6.11. The Morgan fingerprint density at radius 3 is 3.04 bits per heavy atom. The van der Waals surface area contributed by atoms with Gasteiger partial charge in [0.2, 0.25) is 5.91 Å². The van der Waals surface area contributed by atoms with Crippen LogP contribution in [0.5, 0.6) is 0 Å². The molecule has 2 heterocycles. The highest BCUT2D eigenvalue weighted by Crippen LogP contribution is 2.25. The summed E-state index contributed by atoms with van der Waals surface area (Å²) in [6.07, 6.45) is 1.40. The number of nitriles is 1. The molecule has 0 radical (unpaired) electrons. The summed E-state index contributed by atoms with van der Waals surface area (Å²) in [6.45, 7) is 1.39. The molecule has 1 aromatic heterocycles. The topological polar surface area (TPSA) is 82.2 Å². The van der Waals surface area contributed by atoms with Gasteiger partial charge in [0.15, 0.2) is 0 Å². The number of hydrogen-bond donors (Lipinski definition) is 2. The van der Waals surface area contributed by atoms with Crippen LogP contribution in [-0.2, 0) is 11.2 Å². The van der Waals surface area contributed by atoms with Gasteiger partial charge in [0.05, 0.1) is 17.3 Å². The molecule has 2 aromatic rings. The minimum atomic E-state index is -0.424. The lowest BCUT2D eigenvalue weighted by molar-refractivity contribution is -0.120. The van der Waals surface area contributed by atoms with E-state index in [9.17, 15) is 14.4 Å². The highest BCUT2D eigenvalue weighted by atomic mass is 32.1. The summed E-state index contributed by atoms with van der Waals surface area (Å²) >= 11 is 1.60. The first kappa shape index (κ1) is 17.4. The van der Waals surface area contributed by atoms with E-state index in [2.05, 4.69) is 5.32 Å². The van der Waals surface area contributed by atoms with Crippen molar-refractivity contribution in [3.63, 3.8) is 0 Å². The molecule has 1 aromatic carbocycles. The molecule has 1 aliphatic heterocycles. The monoisotopic (exact) mass is 358 g/mol. The lowest BCUT2D eigenvalue weighted by atomic mass is 10.1. The Morgan fingerprint density at radius 2 is 2.36 bits per heavy atom. The number of halogens is 1. The molecule has 3 rings (SSSR count). The fourth-order valence-corrected chi connectivity index (χ4v) is 3.90. The summed E-state index contributed by atoms with van der Waals surface area (Å²) in [5.41, 5.74) is 6.59. The second-order valence-corrected chi connectivity index (χ2v) is 7.14. The van der Waals surface area contributed by atoms with Crippen LogP contribution in [0.15, 0.2) is 35.7 Å². The fourth-order valence-electron chi connectivity index (χ4n) is 3.14. The Balaban J connectivity index is 1.66. The number of nitrogens with two attached hydrogens (primary N) is 1. The van der Waals surface area contributed by atoms with Gasteiger partial charge in [-0.25, -0.2) is 4.39 Å². The molecule has 0 spiro atoms. The third-order valence-electron chi connectivity index (χ3n) is 4.37. The number of benzene rings is 1. The summed E-state index contributed by atoms with van der Waals surface area (Å²) < 4.78 is 13.3. The molecule has 7 heteroatoms. The van der Waals surface area contributed by atoms with E-state index in [4.69, 9.17) is 5.73 Å². The van der Waals surface area contributed by atoms with E-state index >= 15 is 0 Å². The van der Waals surface area contributed by atoms with Gasteiger partial charge in [0, 0.05) is 30.4 Å². The van der Waals surface area contributed by atoms with Crippen molar-refractivity contribution in [3.8, 4) is 6.07 Å². The average molecular weight is 358 g/mol. The Bertz CT molecular complexity index is 787. The highest BCUT2D eigenvalue weighted by Gasteiger charge is 2.28. The van der Waals surface area contributed by atoms with E-state index in [1.807, 2.05) is 28.5 Å². The van der Waals surface area contributed by atoms with Gasteiger partial charge in [-0.1, -0.05) is 6.07 Å². The second kappa shape index (κ2) is 7.64. The van der Waals surface area contributed by atoms with Crippen LogP contribution in [0.2, 0.25) is 0 Å². The molecule has 2 atom stereocenters. The van der Waals surface area contributed by atoms with Gasteiger partial charge in [-0.05, 0) is 36.1 Å². The first-order valence-electron chi connectivity index (χ1n) is 8.09. The van der Waals surface area contributed by atoms with Crippen LogP contribution in [0.3, 0.4) is 0 Å². The van der Waals surface area contributed by atoms with E-state index in [0.29, 0.717) is 18.5 Å². The van der Waals surface area contributed by atoms with Crippen LogP contribution in [0.4, 0.5) is 10.1 Å². The molecule has 0 saturated carbocycles. The molecule has 1 fully saturated rings. The van der Waals surface area contributed by atoms with Crippen molar-refractivity contribution in [1.29, 1.82) is 5.26 Å². The molecule has 25 heavy (non-hydrogen) atoms. The lowest BCUT2D eigenvalue weighted by Crippen LogP contribution is -2.48. The Labute approximate surface area is 149 Å². The van der Waals surface area contributed by atoms with E-state index < -0.39 is 11.9 Å². The third-order valence-corrected chi connectivity index (χ3v) is 5.27. The Kier molecular flexibility index (Phi) is 5.31. The smallest absolute Gasteiger partial charge is 0.234 e. The summed E-state index contributed by atoms with van der Waals surface area (Å²) in [4.78, 5) is 14.9. The minimum Gasteiger partial charge on any atom is -0.369 e. The zero-order valence-corrected chi connectivity index (χ0v) is 14.4. The van der Waals surface area contributed by atoms with Crippen LogP contribution >= 0.6 is 11.3 Å². The maximum atomic E-state index is 13.3. The van der Waals surface area contributed by atoms with Crippen LogP contribution in [-0.4, -0.2) is 31.1 Å². The number of rotatable bonds is 6. The van der Waals surface area contributed by atoms with Gasteiger partial charge in [-0.2, -0.15) is 5.26 Å². The number of carbonyl (C=O) groups is 1. The maximum Gasteiger partial charge on any atom is 0.234 e. The number of amides is 1. The lowest BCUT2D eigenvalue weighted by Gasteiger charge is -2.22. The minimum absolute atomic E-state index is 0.0917. The SMILES string of the molecule is N#Cc1cc(F)ccc1N1CC[C@H](N[C@@H](Cc2cccs2)C(N)=O)C1. The van der Waals surface area contributed by atoms with E-state index in [0.717, 1.165) is 23.5 Å². The molecular formula is C18H19FN4OS. The molecule has 0 aliphatic carbocycles. The van der Waals surface area contributed by atoms with Crippen LogP contribution in [0.25, 0.3) is 0 Å². The summed E-state index contributed by atoms with van der Waals surface area (Å²) in [5.74, 6) is -0.787. The van der Waals surface area contributed by atoms with Gasteiger partial charge in [0.25, 0.3) is 0 Å². The molecule has 130 valence electrons. The quantitative estimate of drug-likeness (QED) is 0.828. The molecule has 0 bridgehead atoms. The van der Waals surface area contributed by atoms with Crippen LogP contribution in [0.1, 0.15) is 16.9 Å². The van der Waals surface area contributed by atoms with Gasteiger partial charge in [-0.15, -0.1) is 11.3 Å². The average Bonchev–Trinajstić information content (AvgIpc) is 3.26. The largest absolute Gasteiger partial charge is 0.369 e. The Morgan fingerprint density at radius 1 is 1.52 bits per heavy atom. The first-order chi connectivity index (χ1) is 12.1. The van der Waals surface area contributed by atoms with Crippen molar-refractivity contribution in [2.45, 2.75) is 24.9 Å². The van der Waals surface area contributed by atoms with E-state index in [1.165, 1.54) is 12.1 Å². The number of hydrogen-bond acceptors (Lipinski definition) is 5. The van der Waals surface area contributed by atoms with Crippen molar-refractivity contribution < 1.29 is 9.18 Å². The molecule has 0 unspecified atom stereocenters. The van der Waals surface area contributed by atoms with Crippen molar-refractivity contribution in [2.75, 3.05) is 18.0 Å². The molecule has 1 amide bonds. The van der Waals surface area contributed by atoms with Gasteiger partial charge >= 0.3 is 0 Å². The number of carbonyl (C=O) groups excluding carboxylic acids is 1. The molecule has 5 nitrogen and oxygen atoms in total. The number of anilines is 1. The van der Waals surface area contributed by atoms with Crippen molar-refractivity contribution in [1.82, 2.24) is 5.32 Å². The first-order valence-corrected chi connectivity index (χ1v) is 8.97. The fraction of sp³-hybridized carbons (Fsp3) is 0.333. The summed E-state index contributed by atoms with van der Waals surface area (Å²) in [5, 5.41) is 14.5. The number of primary amides is 1. The van der Waals surface area contributed by atoms with E-state index in [1.54, 1.807) is 17.4 Å². The number of nitrogens with one attached hydrogen (secondary N) is 1.